The molecule has 1 N–H and O–H groups in total. The molecule has 0 aromatic heterocycles. The predicted octanol–water partition coefficient (Wildman–Crippen LogP) is 4.40. The number of rotatable bonds is 3. The Morgan fingerprint density at radius 1 is 0.870 bits per heavy atom. The third-order valence-corrected chi connectivity index (χ3v) is 4.98. The summed E-state index contributed by atoms with van der Waals surface area (Å²) in [6, 6.07) is 20.6. The summed E-state index contributed by atoms with van der Waals surface area (Å²) >= 11 is 0. The van der Waals surface area contributed by atoms with Crippen molar-refractivity contribution in [3.63, 3.8) is 0 Å². The van der Waals surface area contributed by atoms with Gasteiger partial charge < -0.3 is 5.11 Å². The number of benzene rings is 2. The van der Waals surface area contributed by atoms with E-state index in [0.717, 1.165) is 6.42 Å². The van der Waals surface area contributed by atoms with Crippen LogP contribution in [0.2, 0.25) is 0 Å². The maximum Gasteiger partial charge on any atom is 0.307 e. The monoisotopic (exact) mass is 302 g/mol. The normalized spacial score (nSPS) is 24.9. The van der Waals surface area contributed by atoms with Gasteiger partial charge >= 0.3 is 5.97 Å². The molecule has 0 radical (unpaired) electrons. The molecular weight excluding hydrogens is 284 g/mol. The van der Waals surface area contributed by atoms with Crippen molar-refractivity contribution in [2.75, 3.05) is 0 Å². The van der Waals surface area contributed by atoms with E-state index in [-0.39, 0.29) is 17.8 Å². The average Bonchev–Trinajstić information content (AvgIpc) is 3.15. The Bertz CT molecular complexity index is 746. The van der Waals surface area contributed by atoms with Gasteiger partial charge in [-0.05, 0) is 28.7 Å². The molecule has 2 aromatic carbocycles. The molecular formula is C21H18O2. The van der Waals surface area contributed by atoms with Crippen LogP contribution in [-0.2, 0) is 4.79 Å². The highest BCUT2D eigenvalue weighted by molar-refractivity contribution is 5.86. The van der Waals surface area contributed by atoms with Crippen molar-refractivity contribution < 1.29 is 9.90 Å². The van der Waals surface area contributed by atoms with Gasteiger partial charge in [0.05, 0.1) is 5.92 Å². The van der Waals surface area contributed by atoms with Crippen LogP contribution in [0, 0.1) is 17.8 Å². The van der Waals surface area contributed by atoms with E-state index in [4.69, 9.17) is 0 Å². The molecule has 2 nitrogen and oxygen atoms in total. The second-order valence-corrected chi connectivity index (χ2v) is 6.26. The molecule has 0 saturated heterocycles. The van der Waals surface area contributed by atoms with Crippen molar-refractivity contribution in [2.45, 2.75) is 6.42 Å². The van der Waals surface area contributed by atoms with Gasteiger partial charge in [0.15, 0.2) is 0 Å². The Morgan fingerprint density at radius 3 is 1.91 bits per heavy atom. The van der Waals surface area contributed by atoms with Crippen LogP contribution in [0.25, 0.3) is 5.57 Å². The molecule has 4 rings (SSSR count). The lowest BCUT2D eigenvalue weighted by Crippen LogP contribution is -2.18. The number of carboxylic acids is 1. The van der Waals surface area contributed by atoms with Crippen molar-refractivity contribution >= 4 is 11.5 Å². The molecule has 23 heavy (non-hydrogen) atoms. The van der Waals surface area contributed by atoms with E-state index in [9.17, 15) is 9.90 Å². The molecule has 0 amide bonds. The zero-order valence-electron chi connectivity index (χ0n) is 12.7. The number of hydrogen-bond acceptors (Lipinski definition) is 1. The highest BCUT2D eigenvalue weighted by Gasteiger charge is 2.45. The Hall–Kier alpha value is -2.61. The van der Waals surface area contributed by atoms with Crippen molar-refractivity contribution in [1.82, 2.24) is 0 Å². The van der Waals surface area contributed by atoms with Gasteiger partial charge in [-0.3, -0.25) is 4.79 Å². The first-order valence-corrected chi connectivity index (χ1v) is 8.01. The van der Waals surface area contributed by atoms with E-state index < -0.39 is 5.97 Å². The molecule has 0 heterocycles. The molecule has 114 valence electrons. The number of aliphatic carboxylic acids is 1. The van der Waals surface area contributed by atoms with Gasteiger partial charge in [-0.25, -0.2) is 0 Å². The second kappa shape index (κ2) is 5.54. The molecule has 2 bridgehead atoms. The summed E-state index contributed by atoms with van der Waals surface area (Å²) in [5.74, 6) is -0.702. The van der Waals surface area contributed by atoms with Gasteiger partial charge in [0.25, 0.3) is 0 Å². The predicted molar refractivity (Wildman–Crippen MR) is 90.8 cm³/mol. The smallest absolute Gasteiger partial charge is 0.307 e. The molecule has 2 heteroatoms. The van der Waals surface area contributed by atoms with Crippen LogP contribution >= 0.6 is 0 Å². The van der Waals surface area contributed by atoms with Gasteiger partial charge in [0.2, 0.25) is 0 Å². The average molecular weight is 302 g/mol. The van der Waals surface area contributed by atoms with Crippen LogP contribution in [-0.4, -0.2) is 11.1 Å². The zero-order valence-corrected chi connectivity index (χ0v) is 12.7. The summed E-state index contributed by atoms with van der Waals surface area (Å²) in [6.07, 6.45) is 4.99. The highest BCUT2D eigenvalue weighted by atomic mass is 16.4. The molecule has 2 aliphatic rings. The lowest BCUT2D eigenvalue weighted by Gasteiger charge is -2.17. The van der Waals surface area contributed by atoms with E-state index >= 15 is 0 Å². The van der Waals surface area contributed by atoms with E-state index in [0.29, 0.717) is 0 Å². The fraction of sp³-hybridized carbons (Fsp3) is 0.190. The van der Waals surface area contributed by atoms with Crippen molar-refractivity contribution in [2.24, 2.45) is 17.8 Å². The zero-order chi connectivity index (χ0) is 15.8. The number of fused-ring (bicyclic) bond motifs is 2. The second-order valence-electron chi connectivity index (χ2n) is 6.26. The van der Waals surface area contributed by atoms with Crippen LogP contribution in [0.15, 0.2) is 78.4 Å². The van der Waals surface area contributed by atoms with E-state index in [1.165, 1.54) is 22.3 Å². The number of hydrogen-bond donors (Lipinski definition) is 1. The Kier molecular flexibility index (Phi) is 3.38. The summed E-state index contributed by atoms with van der Waals surface area (Å²) in [5, 5.41) is 9.52. The maximum absolute atomic E-state index is 11.6. The van der Waals surface area contributed by atoms with Gasteiger partial charge in [-0.2, -0.15) is 0 Å². The summed E-state index contributed by atoms with van der Waals surface area (Å²) in [7, 11) is 0. The largest absolute Gasteiger partial charge is 0.481 e. The molecule has 0 aliphatic heterocycles. The van der Waals surface area contributed by atoms with E-state index in [1.54, 1.807) is 0 Å². The molecule has 1 fully saturated rings. The van der Waals surface area contributed by atoms with Gasteiger partial charge in [0.1, 0.15) is 0 Å². The molecule has 0 spiro atoms. The van der Waals surface area contributed by atoms with Crippen LogP contribution in [0.5, 0.6) is 0 Å². The Labute approximate surface area is 135 Å². The van der Waals surface area contributed by atoms with Crippen molar-refractivity contribution in [1.29, 1.82) is 0 Å². The standard InChI is InChI=1S/C21H18O2/c22-21(23)18-13-16-11-12-17(18)20(16)19(14-7-3-1-4-8-14)15-9-5-2-6-10-15/h1-12,16-18H,13H2,(H,22,23)/t16-,17+,18-/m0/s1. The summed E-state index contributed by atoms with van der Waals surface area (Å²) in [5.41, 5.74) is 4.81. The first kappa shape index (κ1) is 14.0. The fourth-order valence-electron chi connectivity index (χ4n) is 4.00. The number of allylic oxidation sites excluding steroid dienone is 3. The van der Waals surface area contributed by atoms with Crippen molar-refractivity contribution in [3.8, 4) is 0 Å². The van der Waals surface area contributed by atoms with Crippen molar-refractivity contribution in [3.05, 3.63) is 89.5 Å². The number of carboxylic acid groups (broad SMARTS) is 1. The lowest BCUT2D eigenvalue weighted by atomic mass is 9.86. The van der Waals surface area contributed by atoms with Gasteiger partial charge in [0, 0.05) is 11.8 Å². The Balaban J connectivity index is 1.92. The van der Waals surface area contributed by atoms with Crippen LogP contribution < -0.4 is 0 Å². The highest BCUT2D eigenvalue weighted by Crippen LogP contribution is 2.52. The minimum Gasteiger partial charge on any atom is -0.481 e. The third-order valence-electron chi connectivity index (χ3n) is 4.98. The summed E-state index contributed by atoms with van der Waals surface area (Å²) in [6.45, 7) is 0. The molecule has 3 atom stereocenters. The topological polar surface area (TPSA) is 37.3 Å². The van der Waals surface area contributed by atoms with Gasteiger partial charge in [-0.1, -0.05) is 72.8 Å². The SMILES string of the molecule is O=C(O)[C@H]1C[C@@H]2C=C[C@H]1C2=C(c1ccccc1)c1ccccc1. The third kappa shape index (κ3) is 2.31. The fourth-order valence-corrected chi connectivity index (χ4v) is 4.00. The van der Waals surface area contributed by atoms with E-state index in [1.807, 2.05) is 36.4 Å². The van der Waals surface area contributed by atoms with Gasteiger partial charge in [-0.15, -0.1) is 0 Å². The summed E-state index contributed by atoms with van der Waals surface area (Å²) < 4.78 is 0. The maximum atomic E-state index is 11.6. The van der Waals surface area contributed by atoms with Crippen LogP contribution in [0.1, 0.15) is 17.5 Å². The minimum atomic E-state index is -0.681. The summed E-state index contributed by atoms with van der Waals surface area (Å²) in [4.78, 5) is 11.6. The quantitative estimate of drug-likeness (QED) is 0.854. The minimum absolute atomic E-state index is 0.0212. The Morgan fingerprint density at radius 2 is 1.43 bits per heavy atom. The van der Waals surface area contributed by atoms with E-state index in [2.05, 4.69) is 36.4 Å². The molecule has 0 unspecified atom stereocenters. The van der Waals surface area contributed by atoms with Crippen LogP contribution in [0.3, 0.4) is 0 Å². The first-order valence-electron chi connectivity index (χ1n) is 8.01. The van der Waals surface area contributed by atoms with Crippen LogP contribution in [0.4, 0.5) is 0 Å². The molecule has 1 saturated carbocycles. The lowest BCUT2D eigenvalue weighted by molar-refractivity contribution is -0.142. The molecule has 2 aromatic rings. The molecule has 2 aliphatic carbocycles. The number of carbonyl (C=O) groups is 1. The first-order chi connectivity index (χ1) is 11.3.